The molecule has 2 aliphatic carbocycles. The third kappa shape index (κ3) is 6.58. The Kier molecular flexibility index (Phi) is 8.11. The first-order valence-corrected chi connectivity index (χ1v) is 11.5. The molecule has 2 aliphatic rings. The van der Waals surface area contributed by atoms with Gasteiger partial charge in [0.2, 0.25) is 11.6 Å². The highest BCUT2D eigenvalue weighted by atomic mass is 32.1. The van der Waals surface area contributed by atoms with Crippen LogP contribution in [-0.2, 0) is 20.7 Å². The van der Waals surface area contributed by atoms with Gasteiger partial charge in [-0.05, 0) is 24.8 Å². The quantitative estimate of drug-likeness (QED) is 0.342. The van der Waals surface area contributed by atoms with E-state index in [1.807, 2.05) is 6.08 Å². The fourth-order valence-electron chi connectivity index (χ4n) is 3.97. The predicted octanol–water partition coefficient (Wildman–Crippen LogP) is 4.43. The smallest absolute Gasteiger partial charge is 0.311 e. The molecule has 0 aliphatic heterocycles. The molecule has 1 heterocycles. The summed E-state index contributed by atoms with van der Waals surface area (Å²) in [7, 11) is 0. The minimum Gasteiger partial charge on any atom is -0.466 e. The van der Waals surface area contributed by atoms with Crippen molar-refractivity contribution in [1.29, 1.82) is 0 Å². The van der Waals surface area contributed by atoms with Gasteiger partial charge in [0.25, 0.3) is 0 Å². The first-order valence-electron chi connectivity index (χ1n) is 10.6. The number of anilines is 1. The first kappa shape index (κ1) is 22.9. The molecule has 0 radical (unpaired) electrons. The fourth-order valence-corrected chi connectivity index (χ4v) is 4.68. The molecule has 0 bridgehead atoms. The van der Waals surface area contributed by atoms with Gasteiger partial charge >= 0.3 is 5.97 Å². The number of carbonyl (C=O) groups is 2. The molecule has 1 fully saturated rings. The zero-order valence-electron chi connectivity index (χ0n) is 17.5. The second kappa shape index (κ2) is 11.0. The number of hydrogen-bond acceptors (Lipinski definition) is 7. The van der Waals surface area contributed by atoms with E-state index in [2.05, 4.69) is 10.3 Å². The standard InChI is InChI=1S/C22H27N3O5S/c1-2-30-20(26)13-17-14-31-22(23-17)24-21(27)19(12-15-6-3-4-7-15)16-8-5-9-18(11-10-16)25(28)29/h5,8,10-11,14-15,19H,2-4,6-7,9,12-13H2,1H3,(H,23,24,27). The van der Waals surface area contributed by atoms with Crippen LogP contribution in [0.5, 0.6) is 0 Å². The van der Waals surface area contributed by atoms with Crippen molar-refractivity contribution in [3.05, 3.63) is 56.8 Å². The van der Waals surface area contributed by atoms with Gasteiger partial charge in [0.15, 0.2) is 5.13 Å². The van der Waals surface area contributed by atoms with Crippen molar-refractivity contribution < 1.29 is 19.2 Å². The zero-order valence-corrected chi connectivity index (χ0v) is 18.4. The number of ether oxygens (including phenoxy) is 1. The highest BCUT2D eigenvalue weighted by Gasteiger charge is 2.28. The van der Waals surface area contributed by atoms with Crippen molar-refractivity contribution in [2.45, 2.75) is 51.9 Å². The highest BCUT2D eigenvalue weighted by Crippen LogP contribution is 2.34. The van der Waals surface area contributed by atoms with Crippen LogP contribution in [0, 0.1) is 22.0 Å². The molecule has 1 N–H and O–H groups in total. The number of aromatic nitrogens is 1. The summed E-state index contributed by atoms with van der Waals surface area (Å²) < 4.78 is 4.94. The molecular weight excluding hydrogens is 418 g/mol. The Morgan fingerprint density at radius 3 is 2.84 bits per heavy atom. The van der Waals surface area contributed by atoms with Gasteiger partial charge in [0.05, 0.1) is 36.0 Å². The maximum atomic E-state index is 13.2. The van der Waals surface area contributed by atoms with Gasteiger partial charge in [-0.1, -0.05) is 43.9 Å². The summed E-state index contributed by atoms with van der Waals surface area (Å²) in [6.07, 6.45) is 12.3. The summed E-state index contributed by atoms with van der Waals surface area (Å²) in [6.45, 7) is 2.06. The Hall–Kier alpha value is -2.81. The van der Waals surface area contributed by atoms with Crippen LogP contribution in [-0.4, -0.2) is 28.4 Å². The maximum Gasteiger partial charge on any atom is 0.311 e. The summed E-state index contributed by atoms with van der Waals surface area (Å²) in [5.74, 6) is -0.494. The third-order valence-electron chi connectivity index (χ3n) is 5.52. The Balaban J connectivity index is 1.74. The lowest BCUT2D eigenvalue weighted by atomic mass is 9.86. The number of nitro groups is 1. The molecule has 166 valence electrons. The minimum atomic E-state index is -0.417. The van der Waals surface area contributed by atoms with E-state index in [0.29, 0.717) is 29.8 Å². The lowest BCUT2D eigenvalue weighted by molar-refractivity contribution is -0.426. The molecule has 1 unspecified atom stereocenters. The molecule has 8 nitrogen and oxygen atoms in total. The first-order chi connectivity index (χ1) is 15.0. The molecule has 1 aromatic heterocycles. The SMILES string of the molecule is CCOC(=O)Cc1csc(NC(=O)C(CC2CCCC2)C2=CC=C([N+](=O)[O-])CC=C2)n1. The molecule has 1 atom stereocenters. The molecule has 1 saturated carbocycles. The molecular formula is C22H27N3O5S. The summed E-state index contributed by atoms with van der Waals surface area (Å²) in [5, 5.41) is 16.2. The van der Waals surface area contributed by atoms with E-state index in [-0.39, 0.29) is 30.4 Å². The average molecular weight is 446 g/mol. The molecule has 1 amide bonds. The van der Waals surface area contributed by atoms with Crippen molar-refractivity contribution in [2.75, 3.05) is 11.9 Å². The second-order valence-corrected chi connectivity index (χ2v) is 8.60. The van der Waals surface area contributed by atoms with Crippen molar-refractivity contribution in [3.63, 3.8) is 0 Å². The van der Waals surface area contributed by atoms with Gasteiger partial charge in [0.1, 0.15) is 0 Å². The van der Waals surface area contributed by atoms with Crippen LogP contribution < -0.4 is 5.32 Å². The maximum absolute atomic E-state index is 13.2. The number of allylic oxidation sites excluding steroid dienone is 4. The average Bonchev–Trinajstić information content (AvgIpc) is 3.32. The van der Waals surface area contributed by atoms with E-state index < -0.39 is 10.8 Å². The van der Waals surface area contributed by atoms with E-state index in [1.54, 1.807) is 24.5 Å². The zero-order chi connectivity index (χ0) is 22.2. The summed E-state index contributed by atoms with van der Waals surface area (Å²) in [4.78, 5) is 39.9. The summed E-state index contributed by atoms with van der Waals surface area (Å²) in [6, 6.07) is 0. The van der Waals surface area contributed by atoms with E-state index >= 15 is 0 Å². The van der Waals surface area contributed by atoms with E-state index in [4.69, 9.17) is 4.74 Å². The summed E-state index contributed by atoms with van der Waals surface area (Å²) in [5.41, 5.74) is 1.43. The van der Waals surface area contributed by atoms with Gasteiger partial charge in [0, 0.05) is 11.5 Å². The number of nitrogens with one attached hydrogen (secondary N) is 1. The third-order valence-corrected chi connectivity index (χ3v) is 6.32. The Bertz CT molecular complexity index is 912. The molecule has 9 heteroatoms. The highest BCUT2D eigenvalue weighted by molar-refractivity contribution is 7.13. The van der Waals surface area contributed by atoms with Crippen molar-refractivity contribution >= 4 is 28.3 Å². The number of thiazole rings is 1. The number of nitrogens with zero attached hydrogens (tertiary/aromatic N) is 2. The lowest BCUT2D eigenvalue weighted by Gasteiger charge is -2.20. The van der Waals surface area contributed by atoms with Crippen molar-refractivity contribution in [2.24, 2.45) is 11.8 Å². The van der Waals surface area contributed by atoms with E-state index in [0.717, 1.165) is 18.4 Å². The second-order valence-electron chi connectivity index (χ2n) is 7.74. The number of esters is 1. The monoisotopic (exact) mass is 445 g/mol. The van der Waals surface area contributed by atoms with Gasteiger partial charge in [-0.15, -0.1) is 11.3 Å². The number of rotatable bonds is 9. The lowest BCUT2D eigenvalue weighted by Crippen LogP contribution is -2.26. The van der Waals surface area contributed by atoms with Crippen molar-refractivity contribution in [1.82, 2.24) is 4.98 Å². The van der Waals surface area contributed by atoms with Gasteiger partial charge < -0.3 is 10.1 Å². The van der Waals surface area contributed by atoms with Crippen LogP contribution in [0.4, 0.5) is 5.13 Å². The van der Waals surface area contributed by atoms with Crippen LogP contribution in [0.3, 0.4) is 0 Å². The summed E-state index contributed by atoms with van der Waals surface area (Å²) >= 11 is 1.26. The number of amides is 1. The molecule has 0 aromatic carbocycles. The van der Waals surface area contributed by atoms with Gasteiger partial charge in [-0.2, -0.15) is 0 Å². The van der Waals surface area contributed by atoms with Gasteiger partial charge in [-0.25, -0.2) is 4.98 Å². The predicted molar refractivity (Wildman–Crippen MR) is 118 cm³/mol. The molecule has 0 spiro atoms. The van der Waals surface area contributed by atoms with Crippen LogP contribution in [0.2, 0.25) is 0 Å². The van der Waals surface area contributed by atoms with Crippen LogP contribution in [0.25, 0.3) is 0 Å². The van der Waals surface area contributed by atoms with E-state index in [9.17, 15) is 19.7 Å². The molecule has 0 saturated heterocycles. The van der Waals surface area contributed by atoms with Crippen LogP contribution >= 0.6 is 11.3 Å². The fraction of sp³-hybridized carbons (Fsp3) is 0.500. The molecule has 31 heavy (non-hydrogen) atoms. The van der Waals surface area contributed by atoms with Crippen molar-refractivity contribution in [3.8, 4) is 0 Å². The van der Waals surface area contributed by atoms with Crippen LogP contribution in [0.1, 0.15) is 51.1 Å². The van der Waals surface area contributed by atoms with Gasteiger partial charge in [-0.3, -0.25) is 19.7 Å². The van der Waals surface area contributed by atoms with E-state index in [1.165, 1.54) is 30.3 Å². The largest absolute Gasteiger partial charge is 0.466 e. The Labute approximate surface area is 185 Å². The topological polar surface area (TPSA) is 111 Å². The molecule has 1 aromatic rings. The number of hydrogen-bond donors (Lipinski definition) is 1. The minimum absolute atomic E-state index is 0.0636. The Morgan fingerprint density at radius 1 is 1.35 bits per heavy atom. The number of carbonyl (C=O) groups excluding carboxylic acids is 2. The normalized spacial score (nSPS) is 17.5. The Morgan fingerprint density at radius 2 is 2.13 bits per heavy atom. The van der Waals surface area contributed by atoms with Crippen LogP contribution in [0.15, 0.2) is 41.0 Å². The molecule has 3 rings (SSSR count).